The van der Waals surface area contributed by atoms with Crippen LogP contribution in [0.3, 0.4) is 0 Å². The molecule has 0 aliphatic rings. The molecule has 1 aromatic carbocycles. The molecule has 3 aromatic rings. The summed E-state index contributed by atoms with van der Waals surface area (Å²) in [5, 5.41) is 17.3. The van der Waals surface area contributed by atoms with Crippen molar-refractivity contribution in [1.82, 2.24) is 9.97 Å². The van der Waals surface area contributed by atoms with Crippen molar-refractivity contribution in [2.45, 2.75) is 12.3 Å². The highest BCUT2D eigenvalue weighted by Gasteiger charge is 2.22. The number of carbonyl (C=O) groups is 2. The number of aromatic nitrogens is 2. The van der Waals surface area contributed by atoms with Gasteiger partial charge in [-0.1, -0.05) is 42.5 Å². The van der Waals surface area contributed by atoms with E-state index in [9.17, 15) is 9.59 Å². The van der Waals surface area contributed by atoms with E-state index in [0.717, 1.165) is 0 Å². The fraction of sp³-hybridized carbons (Fsp3) is 0.100. The van der Waals surface area contributed by atoms with Gasteiger partial charge in [-0.25, -0.2) is 0 Å². The van der Waals surface area contributed by atoms with Gasteiger partial charge < -0.3 is 10.2 Å². The van der Waals surface area contributed by atoms with E-state index in [1.54, 1.807) is 55.1 Å². The molecule has 0 saturated carbocycles. The first-order chi connectivity index (χ1) is 12.6. The molecule has 6 nitrogen and oxygen atoms in total. The maximum atomic E-state index is 10.8. The van der Waals surface area contributed by atoms with Gasteiger partial charge in [0.05, 0.1) is 12.3 Å². The van der Waals surface area contributed by atoms with E-state index in [1.807, 2.05) is 36.4 Å². The molecule has 2 aromatic heterocycles. The van der Waals surface area contributed by atoms with Crippen molar-refractivity contribution in [2.75, 3.05) is 0 Å². The predicted molar refractivity (Wildman–Crippen MR) is 97.5 cm³/mol. The Kier molecular flexibility index (Phi) is 10.1. The van der Waals surface area contributed by atoms with Crippen molar-refractivity contribution in [2.24, 2.45) is 0 Å². The van der Waals surface area contributed by atoms with E-state index in [4.69, 9.17) is 10.2 Å². The van der Waals surface area contributed by atoms with Gasteiger partial charge >= 0.3 is 11.9 Å². The van der Waals surface area contributed by atoms with Gasteiger partial charge in [0.25, 0.3) is 0 Å². The van der Waals surface area contributed by atoms with Crippen LogP contribution in [-0.2, 0) is 9.59 Å². The topological polar surface area (TPSA) is 100 Å². The molecule has 2 N–H and O–H groups in total. The Labute approximate surface area is 151 Å². The first-order valence-corrected chi connectivity index (χ1v) is 7.80. The standard InChI is InChI=1S/C10H10O4.2C5H5N/c11-9(12)6-8(10(13)14)7-4-2-1-3-5-7;2*1-2-4-6-5-3-1/h1-5,8H,6H2,(H,11,12)(H,13,14);2*1-5H/t8-;;/m0../s1. The van der Waals surface area contributed by atoms with Gasteiger partial charge in [0, 0.05) is 24.8 Å². The Bertz CT molecular complexity index is 653. The van der Waals surface area contributed by atoms with Gasteiger partial charge in [-0.15, -0.1) is 0 Å². The van der Waals surface area contributed by atoms with Gasteiger partial charge in [0.15, 0.2) is 0 Å². The zero-order valence-corrected chi connectivity index (χ0v) is 14.1. The highest BCUT2D eigenvalue weighted by Crippen LogP contribution is 2.19. The fourth-order valence-electron chi connectivity index (χ4n) is 1.83. The SMILES string of the molecule is O=C(O)C[C@H](C(=O)O)c1ccccc1.c1ccncc1.c1ccncc1. The Morgan fingerprint density at radius 3 is 1.42 bits per heavy atom. The van der Waals surface area contributed by atoms with Gasteiger partial charge in [-0.2, -0.15) is 0 Å². The first-order valence-electron chi connectivity index (χ1n) is 7.80. The molecule has 134 valence electrons. The molecule has 6 heteroatoms. The van der Waals surface area contributed by atoms with Crippen LogP contribution in [0.5, 0.6) is 0 Å². The molecule has 0 fully saturated rings. The van der Waals surface area contributed by atoms with Crippen LogP contribution in [0.2, 0.25) is 0 Å². The lowest BCUT2D eigenvalue weighted by Crippen LogP contribution is -2.15. The number of rotatable bonds is 4. The molecule has 0 saturated heterocycles. The van der Waals surface area contributed by atoms with Crippen LogP contribution in [0.4, 0.5) is 0 Å². The van der Waals surface area contributed by atoms with Gasteiger partial charge in [-0.05, 0) is 29.8 Å². The summed E-state index contributed by atoms with van der Waals surface area (Å²) in [5.41, 5.74) is 0.516. The van der Waals surface area contributed by atoms with Crippen molar-refractivity contribution in [1.29, 1.82) is 0 Å². The van der Waals surface area contributed by atoms with E-state index >= 15 is 0 Å². The molecule has 0 bridgehead atoms. The summed E-state index contributed by atoms with van der Waals surface area (Å²) in [6.45, 7) is 0. The summed E-state index contributed by atoms with van der Waals surface area (Å²) in [6, 6.07) is 19.8. The van der Waals surface area contributed by atoms with E-state index in [2.05, 4.69) is 9.97 Å². The molecule has 0 unspecified atom stereocenters. The van der Waals surface area contributed by atoms with Gasteiger partial charge in [-0.3, -0.25) is 19.6 Å². The minimum atomic E-state index is -1.11. The third-order valence-corrected chi connectivity index (χ3v) is 3.01. The quantitative estimate of drug-likeness (QED) is 0.745. The summed E-state index contributed by atoms with van der Waals surface area (Å²) < 4.78 is 0. The molecule has 1 atom stereocenters. The summed E-state index contributed by atoms with van der Waals surface area (Å²) >= 11 is 0. The van der Waals surface area contributed by atoms with Crippen LogP contribution in [0.15, 0.2) is 91.5 Å². The second kappa shape index (κ2) is 12.8. The first kappa shape index (κ1) is 20.5. The number of carboxylic acids is 2. The number of aliphatic carboxylic acids is 2. The zero-order valence-electron chi connectivity index (χ0n) is 14.1. The molecular weight excluding hydrogens is 332 g/mol. The van der Waals surface area contributed by atoms with E-state index < -0.39 is 17.9 Å². The Balaban J connectivity index is 0.000000230. The second-order valence-electron chi connectivity index (χ2n) is 4.95. The number of benzene rings is 1. The van der Waals surface area contributed by atoms with Crippen molar-refractivity contribution in [3.05, 3.63) is 97.1 Å². The molecule has 0 aliphatic heterocycles. The van der Waals surface area contributed by atoms with Crippen molar-refractivity contribution < 1.29 is 19.8 Å². The minimum absolute atomic E-state index is 0.390. The third-order valence-electron chi connectivity index (χ3n) is 3.01. The number of pyridine rings is 2. The maximum absolute atomic E-state index is 10.8. The Morgan fingerprint density at radius 2 is 1.15 bits per heavy atom. The van der Waals surface area contributed by atoms with E-state index in [-0.39, 0.29) is 6.42 Å². The van der Waals surface area contributed by atoms with Crippen molar-refractivity contribution in [3.63, 3.8) is 0 Å². The fourth-order valence-corrected chi connectivity index (χ4v) is 1.83. The lowest BCUT2D eigenvalue weighted by molar-refractivity contribution is -0.145. The van der Waals surface area contributed by atoms with Crippen LogP contribution in [-0.4, -0.2) is 32.1 Å². The molecule has 3 rings (SSSR count). The van der Waals surface area contributed by atoms with Crippen LogP contribution in [0.25, 0.3) is 0 Å². The highest BCUT2D eigenvalue weighted by atomic mass is 16.4. The second-order valence-corrected chi connectivity index (χ2v) is 4.95. The average molecular weight is 352 g/mol. The molecule has 0 radical (unpaired) electrons. The molecule has 0 spiro atoms. The lowest BCUT2D eigenvalue weighted by Gasteiger charge is -2.09. The largest absolute Gasteiger partial charge is 0.481 e. The normalized spacial score (nSPS) is 10.2. The molecule has 0 amide bonds. The summed E-state index contributed by atoms with van der Waals surface area (Å²) in [5.74, 6) is -3.19. The summed E-state index contributed by atoms with van der Waals surface area (Å²) in [4.78, 5) is 28.8. The average Bonchev–Trinajstić information content (AvgIpc) is 2.70. The summed E-state index contributed by atoms with van der Waals surface area (Å²) in [6.07, 6.45) is 6.61. The van der Waals surface area contributed by atoms with Crippen LogP contribution in [0.1, 0.15) is 17.9 Å². The Morgan fingerprint density at radius 1 is 0.731 bits per heavy atom. The molecule has 0 aliphatic carbocycles. The van der Waals surface area contributed by atoms with E-state index in [0.29, 0.717) is 5.56 Å². The van der Waals surface area contributed by atoms with Crippen LogP contribution in [0, 0.1) is 0 Å². The van der Waals surface area contributed by atoms with Crippen molar-refractivity contribution in [3.8, 4) is 0 Å². The van der Waals surface area contributed by atoms with Gasteiger partial charge in [0.1, 0.15) is 0 Å². The molecular formula is C20H20N2O4. The number of hydrogen-bond acceptors (Lipinski definition) is 4. The van der Waals surface area contributed by atoms with Crippen LogP contribution >= 0.6 is 0 Å². The molecule has 26 heavy (non-hydrogen) atoms. The van der Waals surface area contributed by atoms with Crippen LogP contribution < -0.4 is 0 Å². The monoisotopic (exact) mass is 352 g/mol. The maximum Gasteiger partial charge on any atom is 0.311 e. The predicted octanol–water partition coefficient (Wildman–Crippen LogP) is 3.49. The minimum Gasteiger partial charge on any atom is -0.481 e. The summed E-state index contributed by atoms with van der Waals surface area (Å²) in [7, 11) is 0. The highest BCUT2D eigenvalue weighted by molar-refractivity contribution is 5.82. The Hall–Kier alpha value is -3.54. The van der Waals surface area contributed by atoms with Crippen molar-refractivity contribution >= 4 is 11.9 Å². The van der Waals surface area contributed by atoms with E-state index in [1.165, 1.54) is 0 Å². The lowest BCUT2D eigenvalue weighted by atomic mass is 9.96. The van der Waals surface area contributed by atoms with Gasteiger partial charge in [0.2, 0.25) is 0 Å². The zero-order chi connectivity index (χ0) is 19.0. The number of hydrogen-bond donors (Lipinski definition) is 2. The smallest absolute Gasteiger partial charge is 0.311 e. The number of carboxylic acid groups (broad SMARTS) is 2. The molecule has 2 heterocycles. The third kappa shape index (κ3) is 9.57. The number of nitrogens with zero attached hydrogens (tertiary/aromatic N) is 2.